The molecule has 3 aliphatic rings. The summed E-state index contributed by atoms with van der Waals surface area (Å²) in [6, 6.07) is 16.2. The Hall–Kier alpha value is -3.16. The number of aromatic amines is 1. The Labute approximate surface area is 223 Å². The number of anilines is 1. The third-order valence-corrected chi connectivity index (χ3v) is 8.69. The molecule has 3 fully saturated rings. The zero-order valence-electron chi connectivity index (χ0n) is 22.2. The van der Waals surface area contributed by atoms with Gasteiger partial charge in [0.15, 0.2) is 0 Å². The minimum absolute atomic E-state index is 0.175. The van der Waals surface area contributed by atoms with E-state index in [0.29, 0.717) is 12.0 Å². The molecule has 2 N–H and O–H groups in total. The largest absolute Gasteiger partial charge is 0.474 e. The van der Waals surface area contributed by atoms with Crippen molar-refractivity contribution in [1.29, 1.82) is 0 Å². The maximum atomic E-state index is 6.61. The highest BCUT2D eigenvalue weighted by molar-refractivity contribution is 5.97. The van der Waals surface area contributed by atoms with Crippen LogP contribution in [0.3, 0.4) is 0 Å². The quantitative estimate of drug-likeness (QED) is 0.353. The van der Waals surface area contributed by atoms with E-state index in [0.717, 1.165) is 91.1 Å². The Morgan fingerprint density at radius 3 is 2.71 bits per heavy atom. The lowest BCUT2D eigenvalue weighted by Gasteiger charge is -2.26. The Kier molecular flexibility index (Phi) is 6.42. The molecule has 5 heterocycles. The molecule has 4 aromatic rings. The minimum atomic E-state index is 0.175. The van der Waals surface area contributed by atoms with Gasteiger partial charge in [-0.1, -0.05) is 6.07 Å². The molecule has 0 radical (unpaired) electrons. The first-order valence-electron chi connectivity index (χ1n) is 14.4. The Bertz CT molecular complexity index is 1440. The van der Waals surface area contributed by atoms with Gasteiger partial charge in [0, 0.05) is 41.6 Å². The number of ether oxygens (including phenoxy) is 2. The van der Waals surface area contributed by atoms with E-state index < -0.39 is 0 Å². The van der Waals surface area contributed by atoms with Crippen LogP contribution in [0.25, 0.3) is 33.1 Å². The normalized spacial score (nSPS) is 22.9. The summed E-state index contributed by atoms with van der Waals surface area (Å²) in [5, 5.41) is 14.8. The number of rotatable bonds is 5. The van der Waals surface area contributed by atoms with E-state index >= 15 is 0 Å². The zero-order valence-corrected chi connectivity index (χ0v) is 22.2. The molecule has 2 aromatic heterocycles. The maximum Gasteiger partial charge on any atom is 0.222 e. The van der Waals surface area contributed by atoms with E-state index in [9.17, 15) is 0 Å². The smallest absolute Gasteiger partial charge is 0.222 e. The maximum absolute atomic E-state index is 6.61. The molecule has 0 aliphatic carbocycles. The van der Waals surface area contributed by atoms with Crippen molar-refractivity contribution < 1.29 is 9.47 Å². The fraction of sp³-hybridized carbons (Fsp3) is 0.484. The second kappa shape index (κ2) is 10.2. The van der Waals surface area contributed by atoms with Gasteiger partial charge in [-0.25, -0.2) is 4.98 Å². The summed E-state index contributed by atoms with van der Waals surface area (Å²) >= 11 is 0. The van der Waals surface area contributed by atoms with Crippen LogP contribution in [0.1, 0.15) is 56.9 Å². The van der Waals surface area contributed by atoms with Crippen LogP contribution in [0.15, 0.2) is 42.5 Å². The summed E-state index contributed by atoms with van der Waals surface area (Å²) in [5.74, 6) is 1.16. The van der Waals surface area contributed by atoms with Crippen LogP contribution in [-0.4, -0.2) is 60.2 Å². The standard InChI is InChI=1S/C31H37N5O2/c1-20-4-2-14-36(20)24-7-8-26-23(16-24)18-29(33-31(26)38-25-10-12-32-13-11-25)30-27-17-21(6-9-28(27)34-35-30)22-5-3-15-37-19-22/h6-9,16-18,20,22,25,32H,2-5,10-15,19H2,1H3,(H,34,35)/t20-,22?/m1/s1. The molecule has 0 saturated carbocycles. The molecule has 1 unspecified atom stereocenters. The van der Waals surface area contributed by atoms with Gasteiger partial charge in [0.1, 0.15) is 11.8 Å². The van der Waals surface area contributed by atoms with Crippen LogP contribution < -0.4 is 15.0 Å². The number of fused-ring (bicyclic) bond motifs is 2. The summed E-state index contributed by atoms with van der Waals surface area (Å²) in [4.78, 5) is 7.63. The van der Waals surface area contributed by atoms with E-state index in [1.54, 1.807) is 0 Å². The van der Waals surface area contributed by atoms with Gasteiger partial charge in [0.2, 0.25) is 5.88 Å². The Morgan fingerprint density at radius 2 is 1.89 bits per heavy atom. The van der Waals surface area contributed by atoms with Crippen LogP contribution in [-0.2, 0) is 4.74 Å². The Morgan fingerprint density at radius 1 is 0.974 bits per heavy atom. The van der Waals surface area contributed by atoms with Crippen molar-refractivity contribution in [1.82, 2.24) is 20.5 Å². The molecule has 198 valence electrons. The SMILES string of the molecule is C[C@@H]1CCCN1c1ccc2c(OC3CCNCC3)nc(-c3n[nH]c4ccc(C5CCCOC5)cc34)cc2c1. The zero-order chi connectivity index (χ0) is 25.5. The highest BCUT2D eigenvalue weighted by Crippen LogP contribution is 2.37. The first-order valence-corrected chi connectivity index (χ1v) is 14.4. The van der Waals surface area contributed by atoms with Gasteiger partial charge < -0.3 is 19.7 Å². The van der Waals surface area contributed by atoms with Gasteiger partial charge in [-0.05, 0) is 106 Å². The molecule has 7 nitrogen and oxygen atoms in total. The molecule has 0 spiro atoms. The van der Waals surface area contributed by atoms with E-state index in [2.05, 4.69) is 64.7 Å². The van der Waals surface area contributed by atoms with E-state index in [1.807, 2.05) is 0 Å². The van der Waals surface area contributed by atoms with Crippen molar-refractivity contribution in [2.75, 3.05) is 37.7 Å². The number of benzene rings is 2. The lowest BCUT2D eigenvalue weighted by molar-refractivity contribution is 0.0805. The predicted molar refractivity (Wildman–Crippen MR) is 152 cm³/mol. The molecule has 2 aromatic carbocycles. The van der Waals surface area contributed by atoms with Crippen molar-refractivity contribution in [3.63, 3.8) is 0 Å². The van der Waals surface area contributed by atoms with Gasteiger partial charge >= 0.3 is 0 Å². The second-order valence-electron chi connectivity index (χ2n) is 11.3. The first-order chi connectivity index (χ1) is 18.7. The van der Waals surface area contributed by atoms with E-state index in [-0.39, 0.29) is 6.10 Å². The fourth-order valence-electron chi connectivity index (χ4n) is 6.48. The summed E-state index contributed by atoms with van der Waals surface area (Å²) < 4.78 is 12.4. The van der Waals surface area contributed by atoms with Crippen LogP contribution >= 0.6 is 0 Å². The lowest BCUT2D eigenvalue weighted by atomic mass is 9.92. The Balaban J connectivity index is 1.33. The third-order valence-electron chi connectivity index (χ3n) is 8.69. The van der Waals surface area contributed by atoms with E-state index in [1.165, 1.54) is 30.5 Å². The average molecular weight is 512 g/mol. The van der Waals surface area contributed by atoms with Crippen molar-refractivity contribution in [2.45, 2.75) is 63.5 Å². The van der Waals surface area contributed by atoms with Gasteiger partial charge in [-0.15, -0.1) is 0 Å². The fourth-order valence-corrected chi connectivity index (χ4v) is 6.48. The molecule has 7 rings (SSSR count). The van der Waals surface area contributed by atoms with Gasteiger partial charge in [0.05, 0.1) is 17.8 Å². The number of nitrogens with one attached hydrogen (secondary N) is 2. The van der Waals surface area contributed by atoms with Crippen LogP contribution in [0, 0.1) is 0 Å². The van der Waals surface area contributed by atoms with Gasteiger partial charge in [0.25, 0.3) is 0 Å². The number of nitrogens with zero attached hydrogens (tertiary/aromatic N) is 3. The summed E-state index contributed by atoms with van der Waals surface area (Å²) in [7, 11) is 0. The number of H-pyrrole nitrogens is 1. The highest BCUT2D eigenvalue weighted by atomic mass is 16.5. The van der Waals surface area contributed by atoms with E-state index in [4.69, 9.17) is 19.6 Å². The lowest BCUT2D eigenvalue weighted by Crippen LogP contribution is -2.34. The summed E-state index contributed by atoms with van der Waals surface area (Å²) in [5.41, 5.74) is 5.37. The predicted octanol–water partition coefficient (Wildman–Crippen LogP) is 5.79. The number of hydrogen-bond acceptors (Lipinski definition) is 6. The summed E-state index contributed by atoms with van der Waals surface area (Å²) in [6.07, 6.45) is 6.94. The van der Waals surface area contributed by atoms with Crippen molar-refractivity contribution in [3.8, 4) is 17.3 Å². The van der Waals surface area contributed by atoms with Crippen LogP contribution in [0.5, 0.6) is 5.88 Å². The average Bonchev–Trinajstić information content (AvgIpc) is 3.59. The summed E-state index contributed by atoms with van der Waals surface area (Å²) in [6.45, 7) is 7.06. The van der Waals surface area contributed by atoms with Crippen molar-refractivity contribution in [2.24, 2.45) is 0 Å². The number of pyridine rings is 1. The first kappa shape index (κ1) is 23.9. The molecule has 38 heavy (non-hydrogen) atoms. The number of hydrogen-bond donors (Lipinski definition) is 2. The van der Waals surface area contributed by atoms with Crippen LogP contribution in [0.4, 0.5) is 5.69 Å². The third kappa shape index (κ3) is 4.52. The van der Waals surface area contributed by atoms with Crippen LogP contribution in [0.2, 0.25) is 0 Å². The minimum Gasteiger partial charge on any atom is -0.474 e. The van der Waals surface area contributed by atoms with Gasteiger partial charge in [-0.2, -0.15) is 5.10 Å². The van der Waals surface area contributed by atoms with Crippen molar-refractivity contribution in [3.05, 3.63) is 48.0 Å². The molecule has 3 aliphatic heterocycles. The number of piperidine rings is 1. The molecule has 2 atom stereocenters. The topological polar surface area (TPSA) is 75.3 Å². The molecule has 0 bridgehead atoms. The highest BCUT2D eigenvalue weighted by Gasteiger charge is 2.24. The molecule has 7 heteroatoms. The van der Waals surface area contributed by atoms with Gasteiger partial charge in [-0.3, -0.25) is 5.10 Å². The molecule has 0 amide bonds. The second-order valence-corrected chi connectivity index (χ2v) is 11.3. The van der Waals surface area contributed by atoms with Crippen molar-refractivity contribution >= 4 is 27.4 Å². The molecular weight excluding hydrogens is 474 g/mol. The monoisotopic (exact) mass is 511 g/mol. The molecule has 3 saturated heterocycles. The number of aromatic nitrogens is 3. The molecular formula is C31H37N5O2.